The minimum Gasteiger partial charge on any atom is -0.433 e. The van der Waals surface area contributed by atoms with Crippen molar-refractivity contribution in [3.63, 3.8) is 0 Å². The smallest absolute Gasteiger partial charge is 0.192 e. The summed E-state index contributed by atoms with van der Waals surface area (Å²) in [6.45, 7) is 0. The zero-order chi connectivity index (χ0) is 15.7. The molecular formula is C14H14B2N6. The molecule has 6 nitrogen and oxygen atoms in total. The molecule has 2 aromatic carbocycles. The van der Waals surface area contributed by atoms with E-state index in [1.807, 2.05) is 62.6 Å². The van der Waals surface area contributed by atoms with Crippen molar-refractivity contribution < 1.29 is 9.19 Å². The summed E-state index contributed by atoms with van der Waals surface area (Å²) in [6, 6.07) is 15.6. The first-order valence-corrected chi connectivity index (χ1v) is 6.76. The average Bonchev–Trinajstić information content (AvgIpc) is 2.99. The molecule has 106 valence electrons. The Morgan fingerprint density at radius 3 is 1.45 bits per heavy atom. The normalized spacial score (nSPS) is 10.7. The molecule has 4 aromatic rings. The highest BCUT2D eigenvalue weighted by Crippen LogP contribution is 2.06. The van der Waals surface area contributed by atoms with Gasteiger partial charge in [-0.3, -0.25) is 0 Å². The summed E-state index contributed by atoms with van der Waals surface area (Å²) in [5.41, 5.74) is 3.95. The monoisotopic (exact) mass is 288 g/mol. The van der Waals surface area contributed by atoms with Gasteiger partial charge in [-0.15, -0.1) is 9.36 Å². The Labute approximate surface area is 130 Å². The van der Waals surface area contributed by atoms with E-state index in [1.165, 1.54) is 9.19 Å². The van der Waals surface area contributed by atoms with Gasteiger partial charge in [-0.2, -0.15) is 0 Å². The standard InChI is InChI=1S/2C7H7BN3/c2*1-10-6-4-2-3-5-7(6)11(8)9-10/h2*2-5H,1H3. The maximum absolute atomic E-state index is 5.56. The molecule has 0 aliphatic carbocycles. The van der Waals surface area contributed by atoms with Crippen LogP contribution in [0, 0.1) is 0 Å². The van der Waals surface area contributed by atoms with Crippen molar-refractivity contribution in [3.05, 3.63) is 48.5 Å². The quantitative estimate of drug-likeness (QED) is 0.413. The summed E-state index contributed by atoms with van der Waals surface area (Å²) < 4.78 is 6.23. The lowest BCUT2D eigenvalue weighted by Gasteiger charge is -1.94. The fourth-order valence-corrected chi connectivity index (χ4v) is 2.34. The van der Waals surface area contributed by atoms with Crippen LogP contribution in [0.2, 0.25) is 0 Å². The molecule has 0 fully saturated rings. The SMILES string of the molecule is [B-][n+]1nn(C)c2ccccc21.[B-][n+]1nn(C)c2ccccc21. The average molecular weight is 288 g/mol. The van der Waals surface area contributed by atoms with E-state index < -0.39 is 0 Å². The number of hydrogen-bond donors (Lipinski definition) is 0. The second-order valence-corrected chi connectivity index (χ2v) is 4.89. The summed E-state index contributed by atoms with van der Waals surface area (Å²) in [7, 11) is 14.9. The predicted octanol–water partition coefficient (Wildman–Crippen LogP) is -0.415. The van der Waals surface area contributed by atoms with Gasteiger partial charge in [0, 0.05) is 10.4 Å². The van der Waals surface area contributed by atoms with E-state index in [1.54, 1.807) is 9.36 Å². The van der Waals surface area contributed by atoms with Crippen LogP contribution in [0.5, 0.6) is 0 Å². The van der Waals surface area contributed by atoms with Crippen molar-refractivity contribution in [3.8, 4) is 0 Å². The van der Waals surface area contributed by atoms with Crippen molar-refractivity contribution >= 4 is 38.0 Å². The fraction of sp³-hybridized carbons (Fsp3) is 0.143. The maximum Gasteiger partial charge on any atom is 0.192 e. The number of aryl methyl sites for hydroxylation is 2. The molecule has 2 aromatic heterocycles. The highest BCUT2D eigenvalue weighted by atomic mass is 15.5. The van der Waals surface area contributed by atoms with E-state index >= 15 is 0 Å². The van der Waals surface area contributed by atoms with Gasteiger partial charge >= 0.3 is 0 Å². The largest absolute Gasteiger partial charge is 0.433 e. The molecular weight excluding hydrogens is 274 g/mol. The van der Waals surface area contributed by atoms with Gasteiger partial charge in [-0.25, -0.2) is 16.0 Å². The maximum atomic E-state index is 5.56. The number of fused-ring (bicyclic) bond motifs is 2. The predicted molar refractivity (Wildman–Crippen MR) is 84.1 cm³/mol. The third-order valence-corrected chi connectivity index (χ3v) is 3.42. The second kappa shape index (κ2) is 5.63. The molecule has 0 saturated carbocycles. The van der Waals surface area contributed by atoms with Gasteiger partial charge in [0.25, 0.3) is 0 Å². The molecule has 0 aliphatic heterocycles. The number of para-hydroxylation sites is 4. The fourth-order valence-electron chi connectivity index (χ4n) is 2.34. The van der Waals surface area contributed by atoms with E-state index in [9.17, 15) is 0 Å². The van der Waals surface area contributed by atoms with Crippen molar-refractivity contribution in [2.24, 2.45) is 14.1 Å². The van der Waals surface area contributed by atoms with Crippen LogP contribution in [0.15, 0.2) is 48.5 Å². The highest BCUT2D eigenvalue weighted by Gasteiger charge is 2.03. The zero-order valence-corrected chi connectivity index (χ0v) is 12.5. The minimum absolute atomic E-state index is 0.940. The van der Waals surface area contributed by atoms with E-state index in [2.05, 4.69) is 10.4 Å². The van der Waals surface area contributed by atoms with E-state index in [-0.39, 0.29) is 0 Å². The van der Waals surface area contributed by atoms with Crippen LogP contribution in [0.25, 0.3) is 22.1 Å². The second-order valence-electron chi connectivity index (χ2n) is 4.89. The lowest BCUT2D eigenvalue weighted by molar-refractivity contribution is -0.567. The summed E-state index contributed by atoms with van der Waals surface area (Å²) >= 11 is 0. The zero-order valence-electron chi connectivity index (χ0n) is 12.5. The number of hydrogen-bond acceptors (Lipinski definition) is 2. The van der Waals surface area contributed by atoms with Crippen molar-refractivity contribution in [2.45, 2.75) is 0 Å². The van der Waals surface area contributed by atoms with E-state index in [0.717, 1.165) is 22.1 Å². The first kappa shape index (κ1) is 14.3. The molecule has 0 bridgehead atoms. The first-order chi connectivity index (χ1) is 10.6. The number of benzene rings is 2. The summed E-state index contributed by atoms with van der Waals surface area (Å²) in [5, 5.41) is 8.00. The molecule has 22 heavy (non-hydrogen) atoms. The molecule has 8 heteroatoms. The number of aromatic nitrogens is 6. The summed E-state index contributed by atoms with van der Waals surface area (Å²) in [6.07, 6.45) is 0. The molecule has 0 unspecified atom stereocenters. The molecule has 6 radical (unpaired) electrons. The highest BCUT2D eigenvalue weighted by molar-refractivity contribution is 5.97. The molecule has 0 spiro atoms. The molecule has 0 saturated heterocycles. The van der Waals surface area contributed by atoms with Gasteiger partial charge in [0.15, 0.2) is 11.0 Å². The first-order valence-electron chi connectivity index (χ1n) is 6.76. The van der Waals surface area contributed by atoms with Gasteiger partial charge < -0.3 is 9.19 Å². The Bertz CT molecular complexity index is 793. The molecule has 0 amide bonds. The summed E-state index contributed by atoms with van der Waals surface area (Å²) in [5.74, 6) is 0. The Kier molecular flexibility index (Phi) is 3.66. The Hall–Kier alpha value is -2.63. The topological polar surface area (TPSA) is 43.4 Å². The van der Waals surface area contributed by atoms with Gasteiger partial charge in [-0.05, 0) is 24.3 Å². The van der Waals surface area contributed by atoms with Crippen molar-refractivity contribution in [1.82, 2.24) is 19.8 Å². The lowest BCUT2D eigenvalue weighted by Crippen LogP contribution is -2.34. The van der Waals surface area contributed by atoms with Gasteiger partial charge in [-0.1, -0.05) is 24.3 Å². The van der Waals surface area contributed by atoms with Crippen LogP contribution in [-0.4, -0.2) is 35.8 Å². The Balaban J connectivity index is 0.000000131. The van der Waals surface area contributed by atoms with Crippen LogP contribution >= 0.6 is 0 Å². The Morgan fingerprint density at radius 1 is 0.727 bits per heavy atom. The van der Waals surface area contributed by atoms with Crippen LogP contribution in [0.1, 0.15) is 0 Å². The third kappa shape index (κ3) is 2.47. The molecule has 0 aliphatic rings. The van der Waals surface area contributed by atoms with Gasteiger partial charge in [0.05, 0.1) is 0 Å². The minimum atomic E-state index is 0.940. The molecule has 0 atom stereocenters. The lowest BCUT2D eigenvalue weighted by atomic mass is 10.3. The Morgan fingerprint density at radius 2 is 1.09 bits per heavy atom. The number of rotatable bonds is 0. The van der Waals surface area contributed by atoms with Crippen LogP contribution in [-0.2, 0) is 14.1 Å². The summed E-state index contributed by atoms with van der Waals surface area (Å²) in [4.78, 5) is 0. The van der Waals surface area contributed by atoms with Crippen molar-refractivity contribution in [1.29, 1.82) is 0 Å². The third-order valence-electron chi connectivity index (χ3n) is 3.42. The molecule has 0 N–H and O–H groups in total. The van der Waals surface area contributed by atoms with E-state index in [0.29, 0.717) is 0 Å². The van der Waals surface area contributed by atoms with Crippen LogP contribution < -0.4 is 9.19 Å². The van der Waals surface area contributed by atoms with Crippen LogP contribution in [0.4, 0.5) is 0 Å². The molecule has 2 heterocycles. The van der Waals surface area contributed by atoms with Gasteiger partial charge in [0.2, 0.25) is 0 Å². The van der Waals surface area contributed by atoms with E-state index in [4.69, 9.17) is 16.0 Å². The van der Waals surface area contributed by atoms with Crippen molar-refractivity contribution in [2.75, 3.05) is 0 Å². The number of nitrogens with zero attached hydrogens (tertiary/aromatic N) is 6. The molecule has 4 rings (SSSR count). The van der Waals surface area contributed by atoms with Crippen LogP contribution in [0.3, 0.4) is 0 Å². The van der Waals surface area contributed by atoms with Gasteiger partial charge in [0.1, 0.15) is 25.1 Å².